The first-order chi connectivity index (χ1) is 12.5. The van der Waals surface area contributed by atoms with Crippen molar-refractivity contribution in [3.05, 3.63) is 69.2 Å². The molecule has 134 valence electrons. The number of halogens is 1. The minimum atomic E-state index is -0.621. The first kappa shape index (κ1) is 19.6. The SMILES string of the molecule is CCOC(=O)C(C#N)=Cc1cc(C)cc(COc2ccccc2Cl)c1C. The lowest BCUT2D eigenvalue weighted by molar-refractivity contribution is -0.137. The van der Waals surface area contributed by atoms with Crippen molar-refractivity contribution in [2.24, 2.45) is 0 Å². The monoisotopic (exact) mass is 369 g/mol. The number of rotatable bonds is 6. The third kappa shape index (κ3) is 4.87. The average Bonchev–Trinajstić information content (AvgIpc) is 2.62. The molecule has 2 rings (SSSR count). The lowest BCUT2D eigenvalue weighted by atomic mass is 9.98. The minimum Gasteiger partial charge on any atom is -0.487 e. The van der Waals surface area contributed by atoms with E-state index in [4.69, 9.17) is 21.1 Å². The highest BCUT2D eigenvalue weighted by atomic mass is 35.5. The molecule has 0 radical (unpaired) electrons. The van der Waals surface area contributed by atoms with Gasteiger partial charge in [-0.05, 0) is 55.7 Å². The number of carbonyl (C=O) groups excluding carboxylic acids is 1. The van der Waals surface area contributed by atoms with Crippen LogP contribution in [0.15, 0.2) is 42.0 Å². The summed E-state index contributed by atoms with van der Waals surface area (Å²) in [5, 5.41) is 9.79. The van der Waals surface area contributed by atoms with E-state index in [1.165, 1.54) is 0 Å². The lowest BCUT2D eigenvalue weighted by Gasteiger charge is -2.13. The van der Waals surface area contributed by atoms with Gasteiger partial charge >= 0.3 is 5.97 Å². The van der Waals surface area contributed by atoms with Crippen molar-refractivity contribution in [1.82, 2.24) is 0 Å². The van der Waals surface area contributed by atoms with E-state index in [2.05, 4.69) is 0 Å². The maximum absolute atomic E-state index is 11.9. The molecular formula is C21H20ClNO3. The number of nitrogens with zero attached hydrogens (tertiary/aromatic N) is 1. The Morgan fingerprint density at radius 1 is 1.27 bits per heavy atom. The van der Waals surface area contributed by atoms with Gasteiger partial charge in [-0.25, -0.2) is 4.79 Å². The minimum absolute atomic E-state index is 0.0291. The van der Waals surface area contributed by atoms with Crippen molar-refractivity contribution in [3.63, 3.8) is 0 Å². The van der Waals surface area contributed by atoms with Crippen molar-refractivity contribution in [2.45, 2.75) is 27.4 Å². The summed E-state index contributed by atoms with van der Waals surface area (Å²) in [6.45, 7) is 6.14. The van der Waals surface area contributed by atoms with Crippen molar-refractivity contribution in [3.8, 4) is 11.8 Å². The number of para-hydroxylation sites is 1. The number of carbonyl (C=O) groups is 1. The Kier molecular flexibility index (Phi) is 6.82. The van der Waals surface area contributed by atoms with Crippen LogP contribution >= 0.6 is 11.6 Å². The zero-order valence-electron chi connectivity index (χ0n) is 15.0. The van der Waals surface area contributed by atoms with Crippen LogP contribution in [-0.2, 0) is 16.1 Å². The van der Waals surface area contributed by atoms with E-state index in [1.807, 2.05) is 50.2 Å². The predicted octanol–water partition coefficient (Wildman–Crippen LogP) is 5.01. The van der Waals surface area contributed by atoms with Gasteiger partial charge in [-0.15, -0.1) is 0 Å². The Labute approximate surface area is 158 Å². The summed E-state index contributed by atoms with van der Waals surface area (Å²) < 4.78 is 10.7. The van der Waals surface area contributed by atoms with Gasteiger partial charge in [0.15, 0.2) is 0 Å². The molecule has 26 heavy (non-hydrogen) atoms. The fourth-order valence-corrected chi connectivity index (χ4v) is 2.67. The maximum atomic E-state index is 11.9. The van der Waals surface area contributed by atoms with E-state index in [9.17, 15) is 10.1 Å². The number of benzene rings is 2. The van der Waals surface area contributed by atoms with Crippen LogP contribution in [0.25, 0.3) is 6.08 Å². The summed E-state index contributed by atoms with van der Waals surface area (Å²) in [6.07, 6.45) is 1.55. The molecule has 0 heterocycles. The highest BCUT2D eigenvalue weighted by molar-refractivity contribution is 6.32. The fraction of sp³-hybridized carbons (Fsp3) is 0.238. The molecule has 5 heteroatoms. The van der Waals surface area contributed by atoms with Crippen LogP contribution in [-0.4, -0.2) is 12.6 Å². The second kappa shape index (κ2) is 9.07. The molecule has 0 atom stereocenters. The van der Waals surface area contributed by atoms with Crippen LogP contribution in [0.3, 0.4) is 0 Å². The van der Waals surface area contributed by atoms with Crippen LogP contribution in [0.2, 0.25) is 5.02 Å². The van der Waals surface area contributed by atoms with Crippen LogP contribution in [0.1, 0.15) is 29.2 Å². The zero-order valence-corrected chi connectivity index (χ0v) is 15.8. The van der Waals surface area contributed by atoms with Crippen LogP contribution in [0.4, 0.5) is 0 Å². The van der Waals surface area contributed by atoms with E-state index in [1.54, 1.807) is 19.1 Å². The van der Waals surface area contributed by atoms with Gasteiger partial charge in [0.2, 0.25) is 0 Å². The number of hydrogen-bond donors (Lipinski definition) is 0. The van der Waals surface area contributed by atoms with E-state index >= 15 is 0 Å². The van der Waals surface area contributed by atoms with Gasteiger partial charge < -0.3 is 9.47 Å². The second-order valence-corrected chi connectivity index (χ2v) is 6.15. The molecule has 0 amide bonds. The average molecular weight is 370 g/mol. The number of nitriles is 1. The van der Waals surface area contributed by atoms with Crippen LogP contribution in [0, 0.1) is 25.2 Å². The Hall–Kier alpha value is -2.77. The predicted molar refractivity (Wildman–Crippen MR) is 102 cm³/mol. The molecule has 0 spiro atoms. The maximum Gasteiger partial charge on any atom is 0.348 e. The molecule has 0 aliphatic rings. The van der Waals surface area contributed by atoms with E-state index in [0.717, 1.165) is 22.3 Å². The summed E-state index contributed by atoms with van der Waals surface area (Å²) >= 11 is 6.12. The van der Waals surface area contributed by atoms with E-state index in [0.29, 0.717) is 17.4 Å². The first-order valence-electron chi connectivity index (χ1n) is 8.22. The number of esters is 1. The highest BCUT2D eigenvalue weighted by Gasteiger charge is 2.12. The Bertz CT molecular complexity index is 881. The molecule has 2 aromatic carbocycles. The molecule has 0 saturated heterocycles. The van der Waals surface area contributed by atoms with E-state index in [-0.39, 0.29) is 12.2 Å². The third-order valence-corrected chi connectivity index (χ3v) is 4.15. The summed E-state index contributed by atoms with van der Waals surface area (Å²) in [5.41, 5.74) is 3.64. The Morgan fingerprint density at radius 2 is 2.00 bits per heavy atom. The molecule has 0 unspecified atom stereocenters. The summed E-state index contributed by atoms with van der Waals surface area (Å²) in [5.74, 6) is -0.0128. The smallest absolute Gasteiger partial charge is 0.348 e. The molecule has 4 nitrogen and oxygen atoms in total. The van der Waals surface area contributed by atoms with Crippen molar-refractivity contribution in [1.29, 1.82) is 5.26 Å². The topological polar surface area (TPSA) is 59.3 Å². The quantitative estimate of drug-likeness (QED) is 0.408. The molecule has 0 fully saturated rings. The van der Waals surface area contributed by atoms with Gasteiger partial charge in [-0.2, -0.15) is 5.26 Å². The van der Waals surface area contributed by atoms with Gasteiger partial charge in [0, 0.05) is 0 Å². The van der Waals surface area contributed by atoms with Gasteiger partial charge in [0.05, 0.1) is 11.6 Å². The zero-order chi connectivity index (χ0) is 19.1. The van der Waals surface area contributed by atoms with Crippen molar-refractivity contribution in [2.75, 3.05) is 6.61 Å². The molecule has 0 aromatic heterocycles. The molecule has 0 aliphatic heterocycles. The molecule has 0 bridgehead atoms. The van der Waals surface area contributed by atoms with Gasteiger partial charge in [-0.1, -0.05) is 41.4 Å². The molecule has 0 N–H and O–H groups in total. The second-order valence-electron chi connectivity index (χ2n) is 5.75. The fourth-order valence-electron chi connectivity index (χ4n) is 2.48. The van der Waals surface area contributed by atoms with Gasteiger partial charge in [0.25, 0.3) is 0 Å². The summed E-state index contributed by atoms with van der Waals surface area (Å²) in [7, 11) is 0. The lowest BCUT2D eigenvalue weighted by Crippen LogP contribution is -2.07. The van der Waals surface area contributed by atoms with E-state index < -0.39 is 5.97 Å². The largest absolute Gasteiger partial charge is 0.487 e. The summed E-state index contributed by atoms with van der Waals surface area (Å²) in [6, 6.07) is 13.1. The van der Waals surface area contributed by atoms with Crippen molar-refractivity contribution >= 4 is 23.6 Å². The van der Waals surface area contributed by atoms with Crippen LogP contribution < -0.4 is 4.74 Å². The van der Waals surface area contributed by atoms with Gasteiger partial charge in [-0.3, -0.25) is 0 Å². The molecule has 0 aliphatic carbocycles. The molecular weight excluding hydrogens is 350 g/mol. The highest BCUT2D eigenvalue weighted by Crippen LogP contribution is 2.26. The summed E-state index contributed by atoms with van der Waals surface area (Å²) in [4.78, 5) is 11.9. The Balaban J connectivity index is 2.32. The first-order valence-corrected chi connectivity index (χ1v) is 8.60. The molecule has 0 saturated carbocycles. The van der Waals surface area contributed by atoms with Crippen LogP contribution in [0.5, 0.6) is 5.75 Å². The van der Waals surface area contributed by atoms with Gasteiger partial charge in [0.1, 0.15) is 24.0 Å². The van der Waals surface area contributed by atoms with Crippen molar-refractivity contribution < 1.29 is 14.3 Å². The number of hydrogen-bond acceptors (Lipinski definition) is 4. The third-order valence-electron chi connectivity index (χ3n) is 3.84. The normalized spacial score (nSPS) is 11.0. The molecule has 2 aromatic rings. The number of aryl methyl sites for hydroxylation is 1. The number of ether oxygens (including phenoxy) is 2. The Morgan fingerprint density at radius 3 is 2.65 bits per heavy atom. The standard InChI is InChI=1S/C21H20ClNO3/c1-4-25-21(24)17(12-23)11-16-9-14(2)10-18(15(16)3)13-26-20-8-6-5-7-19(20)22/h5-11H,4,13H2,1-3H3.